The highest BCUT2D eigenvalue weighted by atomic mass is 32.1. The van der Waals surface area contributed by atoms with Crippen LogP contribution in [0.5, 0.6) is 0 Å². The second kappa shape index (κ2) is 6.05. The minimum absolute atomic E-state index is 0.0544. The van der Waals surface area contributed by atoms with Crippen molar-refractivity contribution in [2.24, 2.45) is 7.05 Å². The maximum atomic E-state index is 12.4. The molecule has 6 nitrogen and oxygen atoms in total. The summed E-state index contributed by atoms with van der Waals surface area (Å²) >= 11 is 1.49. The molecule has 2 aromatic rings. The van der Waals surface area contributed by atoms with Crippen LogP contribution in [0.3, 0.4) is 0 Å². The second-order valence-electron chi connectivity index (χ2n) is 6.46. The topological polar surface area (TPSA) is 63.1 Å². The van der Waals surface area contributed by atoms with Gasteiger partial charge in [0.25, 0.3) is 5.91 Å². The molecular weight excluding hydrogens is 310 g/mol. The molecule has 2 aliphatic rings. The van der Waals surface area contributed by atoms with Crippen LogP contribution in [-0.2, 0) is 7.05 Å². The highest BCUT2D eigenvalue weighted by Crippen LogP contribution is 2.29. The number of carbonyl (C=O) groups excluding carboxylic acids is 1. The molecule has 23 heavy (non-hydrogen) atoms. The summed E-state index contributed by atoms with van der Waals surface area (Å²) in [4.78, 5) is 19.4. The van der Waals surface area contributed by atoms with Crippen LogP contribution in [-0.4, -0.2) is 50.7 Å². The van der Waals surface area contributed by atoms with Gasteiger partial charge in [-0.1, -0.05) is 0 Å². The Morgan fingerprint density at radius 2 is 2.09 bits per heavy atom. The molecule has 0 bridgehead atoms. The van der Waals surface area contributed by atoms with Crippen LogP contribution in [0.1, 0.15) is 36.2 Å². The zero-order valence-corrected chi connectivity index (χ0v) is 14.1. The minimum atomic E-state index is -0.0544. The number of aromatic nitrogens is 3. The summed E-state index contributed by atoms with van der Waals surface area (Å²) in [5, 5.41) is 9.96. The molecule has 0 spiro atoms. The van der Waals surface area contributed by atoms with Crippen molar-refractivity contribution >= 4 is 17.2 Å². The minimum Gasteiger partial charge on any atom is -0.348 e. The highest BCUT2D eigenvalue weighted by Gasteiger charge is 2.32. The van der Waals surface area contributed by atoms with E-state index in [1.165, 1.54) is 24.2 Å². The zero-order valence-electron chi connectivity index (χ0n) is 13.2. The predicted octanol–water partition coefficient (Wildman–Crippen LogP) is 1.90. The van der Waals surface area contributed by atoms with E-state index in [1.54, 1.807) is 10.9 Å². The van der Waals surface area contributed by atoms with Crippen LogP contribution < -0.4 is 5.32 Å². The van der Waals surface area contributed by atoms with Crippen molar-refractivity contribution in [3.63, 3.8) is 0 Å². The van der Waals surface area contributed by atoms with Crippen LogP contribution in [0.4, 0.5) is 0 Å². The monoisotopic (exact) mass is 331 g/mol. The average Bonchev–Trinajstić information content (AvgIpc) is 3.11. The van der Waals surface area contributed by atoms with E-state index in [1.807, 2.05) is 18.6 Å². The number of amides is 1. The molecule has 3 heterocycles. The van der Waals surface area contributed by atoms with Gasteiger partial charge < -0.3 is 10.2 Å². The van der Waals surface area contributed by atoms with E-state index in [9.17, 15) is 4.79 Å². The maximum absolute atomic E-state index is 12.4. The molecule has 2 aromatic heterocycles. The number of rotatable bonds is 4. The maximum Gasteiger partial charge on any atom is 0.270 e. The van der Waals surface area contributed by atoms with Gasteiger partial charge in [0, 0.05) is 49.4 Å². The number of likely N-dealkylation sites (tertiary alicyclic amines) is 1. The third-order valence-electron chi connectivity index (χ3n) is 4.62. The molecule has 0 radical (unpaired) electrons. The van der Waals surface area contributed by atoms with E-state index in [4.69, 9.17) is 0 Å². The molecule has 1 saturated carbocycles. The summed E-state index contributed by atoms with van der Waals surface area (Å²) in [6.45, 7) is 2.21. The fraction of sp³-hybridized carbons (Fsp3) is 0.562. The standard InChI is InChI=1S/C16H21N5OS/c1-20-9-11(8-17-20)16-19-14(10-23-16)15(22)18-12-4-6-21(7-5-12)13-2-3-13/h8-10,12-13H,2-7H2,1H3,(H,18,22). The molecule has 1 saturated heterocycles. The zero-order chi connectivity index (χ0) is 15.8. The van der Waals surface area contributed by atoms with Crippen molar-refractivity contribution < 1.29 is 4.79 Å². The van der Waals surface area contributed by atoms with E-state index in [2.05, 4.69) is 20.3 Å². The lowest BCUT2D eigenvalue weighted by atomic mass is 10.0. The number of hydrogen-bond donors (Lipinski definition) is 1. The van der Waals surface area contributed by atoms with Crippen LogP contribution in [0, 0.1) is 0 Å². The van der Waals surface area contributed by atoms with Gasteiger partial charge in [0.05, 0.1) is 6.20 Å². The van der Waals surface area contributed by atoms with Gasteiger partial charge in [0.2, 0.25) is 0 Å². The lowest BCUT2D eigenvalue weighted by Crippen LogP contribution is -2.45. The Morgan fingerprint density at radius 1 is 1.30 bits per heavy atom. The number of nitrogens with one attached hydrogen (secondary N) is 1. The van der Waals surface area contributed by atoms with Gasteiger partial charge in [0.1, 0.15) is 10.7 Å². The Kier molecular flexibility index (Phi) is 3.90. The molecule has 1 aliphatic carbocycles. The SMILES string of the molecule is Cn1cc(-c2nc(C(=O)NC3CCN(C4CC4)CC3)cs2)cn1. The van der Waals surface area contributed by atoms with Crippen molar-refractivity contribution in [2.45, 2.75) is 37.8 Å². The molecule has 1 amide bonds. The van der Waals surface area contributed by atoms with Gasteiger partial charge in [-0.05, 0) is 25.7 Å². The first kappa shape index (κ1) is 14.8. The second-order valence-corrected chi connectivity index (χ2v) is 7.31. The first-order chi connectivity index (χ1) is 11.2. The van der Waals surface area contributed by atoms with E-state index < -0.39 is 0 Å². The van der Waals surface area contributed by atoms with E-state index in [0.717, 1.165) is 42.5 Å². The lowest BCUT2D eigenvalue weighted by molar-refractivity contribution is 0.0905. The molecule has 0 atom stereocenters. The number of carbonyl (C=O) groups is 1. The number of piperidine rings is 1. The van der Waals surface area contributed by atoms with Crippen LogP contribution >= 0.6 is 11.3 Å². The molecular formula is C16H21N5OS. The van der Waals surface area contributed by atoms with Gasteiger partial charge in [-0.25, -0.2) is 4.98 Å². The summed E-state index contributed by atoms with van der Waals surface area (Å²) < 4.78 is 1.74. The molecule has 7 heteroatoms. The van der Waals surface area contributed by atoms with Crippen LogP contribution in [0.25, 0.3) is 10.6 Å². The average molecular weight is 331 g/mol. The third-order valence-corrected chi connectivity index (χ3v) is 5.51. The van der Waals surface area contributed by atoms with Crippen LogP contribution in [0.15, 0.2) is 17.8 Å². The van der Waals surface area contributed by atoms with Crippen molar-refractivity contribution in [3.05, 3.63) is 23.5 Å². The molecule has 122 valence electrons. The van der Waals surface area contributed by atoms with Crippen molar-refractivity contribution in [1.82, 2.24) is 25.0 Å². The molecule has 4 rings (SSSR count). The third kappa shape index (κ3) is 3.30. The van der Waals surface area contributed by atoms with Crippen molar-refractivity contribution in [2.75, 3.05) is 13.1 Å². The van der Waals surface area contributed by atoms with E-state index in [0.29, 0.717) is 5.69 Å². The lowest BCUT2D eigenvalue weighted by Gasteiger charge is -2.32. The summed E-state index contributed by atoms with van der Waals surface area (Å²) in [5.41, 5.74) is 1.47. The Morgan fingerprint density at radius 3 is 2.74 bits per heavy atom. The fourth-order valence-corrected chi connectivity index (χ4v) is 3.93. The van der Waals surface area contributed by atoms with Gasteiger partial charge in [-0.3, -0.25) is 9.48 Å². The molecule has 2 fully saturated rings. The van der Waals surface area contributed by atoms with Gasteiger partial charge in [0.15, 0.2) is 0 Å². The van der Waals surface area contributed by atoms with Gasteiger partial charge in [-0.2, -0.15) is 5.10 Å². The number of thiazole rings is 1. The summed E-state index contributed by atoms with van der Waals surface area (Å²) in [7, 11) is 1.87. The molecule has 0 unspecified atom stereocenters. The molecule has 1 N–H and O–H groups in total. The first-order valence-electron chi connectivity index (χ1n) is 8.18. The normalized spacial score (nSPS) is 19.9. The van der Waals surface area contributed by atoms with E-state index in [-0.39, 0.29) is 11.9 Å². The highest BCUT2D eigenvalue weighted by molar-refractivity contribution is 7.13. The number of aryl methyl sites for hydroxylation is 1. The Balaban J connectivity index is 1.35. The summed E-state index contributed by atoms with van der Waals surface area (Å²) in [5.74, 6) is -0.0544. The quantitative estimate of drug-likeness (QED) is 0.929. The van der Waals surface area contributed by atoms with E-state index >= 15 is 0 Å². The Hall–Kier alpha value is -1.73. The number of hydrogen-bond acceptors (Lipinski definition) is 5. The van der Waals surface area contributed by atoms with Crippen LogP contribution in [0.2, 0.25) is 0 Å². The van der Waals surface area contributed by atoms with Gasteiger partial charge in [-0.15, -0.1) is 11.3 Å². The molecule has 1 aliphatic heterocycles. The Labute approximate surface area is 139 Å². The predicted molar refractivity (Wildman–Crippen MR) is 89.4 cm³/mol. The largest absolute Gasteiger partial charge is 0.348 e. The number of nitrogens with zero attached hydrogens (tertiary/aromatic N) is 4. The van der Waals surface area contributed by atoms with Crippen molar-refractivity contribution in [1.29, 1.82) is 0 Å². The summed E-state index contributed by atoms with van der Waals surface area (Å²) in [6.07, 6.45) is 8.48. The van der Waals surface area contributed by atoms with Crippen molar-refractivity contribution in [3.8, 4) is 10.6 Å². The molecule has 0 aromatic carbocycles. The smallest absolute Gasteiger partial charge is 0.270 e. The van der Waals surface area contributed by atoms with Gasteiger partial charge >= 0.3 is 0 Å². The Bertz CT molecular complexity index is 697. The fourth-order valence-electron chi connectivity index (χ4n) is 3.15. The summed E-state index contributed by atoms with van der Waals surface area (Å²) in [6, 6.07) is 1.10. The first-order valence-corrected chi connectivity index (χ1v) is 9.06.